The molecule has 5 aromatic rings. The maximum absolute atomic E-state index is 13.7. The number of nitrogens with zero attached hydrogens (tertiary/aromatic N) is 2. The van der Waals surface area contributed by atoms with Crippen LogP contribution in [-0.4, -0.2) is 23.1 Å². The lowest BCUT2D eigenvalue weighted by atomic mass is 10.1. The Labute approximate surface area is 250 Å². The van der Waals surface area contributed by atoms with Gasteiger partial charge >= 0.3 is 0 Å². The second-order valence-corrected chi connectivity index (χ2v) is 11.1. The van der Waals surface area contributed by atoms with Gasteiger partial charge in [0, 0.05) is 0 Å². The van der Waals surface area contributed by atoms with Gasteiger partial charge in [-0.3, -0.25) is 9.69 Å². The molecule has 0 N–H and O–H groups in total. The highest BCUT2D eigenvalue weighted by Gasteiger charge is 2.33. The van der Waals surface area contributed by atoms with E-state index in [1.165, 1.54) is 22.5 Å². The number of thioether (sulfide) groups is 1. The van der Waals surface area contributed by atoms with Crippen molar-refractivity contribution in [3.63, 3.8) is 0 Å². The number of aryl methyl sites for hydroxylation is 1. The molecule has 0 saturated carbocycles. The number of hydrogen-bond donors (Lipinski definition) is 0. The minimum absolute atomic E-state index is 0.0787. The van der Waals surface area contributed by atoms with Gasteiger partial charge in [0.15, 0.2) is 16.7 Å². The highest BCUT2D eigenvalue weighted by atomic mass is 32.2. The molecule has 1 fully saturated rings. The molecule has 5 aromatic carbocycles. The second kappa shape index (κ2) is 12.4. The van der Waals surface area contributed by atoms with Crippen LogP contribution in [0, 0.1) is 6.92 Å². The third kappa shape index (κ3) is 6.09. The molecule has 1 aliphatic heterocycles. The summed E-state index contributed by atoms with van der Waals surface area (Å²) in [6.45, 7) is 2.90. The molecular weight excluding hydrogens is 540 g/mol. The van der Waals surface area contributed by atoms with Crippen molar-refractivity contribution in [2.75, 3.05) is 7.11 Å². The number of hydrogen-bond acceptors (Lipinski definition) is 5. The van der Waals surface area contributed by atoms with Crippen LogP contribution in [0.3, 0.4) is 0 Å². The van der Waals surface area contributed by atoms with Crippen LogP contribution in [0.5, 0.6) is 11.5 Å². The summed E-state index contributed by atoms with van der Waals surface area (Å²) in [4.78, 5) is 20.8. The Morgan fingerprint density at radius 3 is 2.40 bits per heavy atom. The zero-order valence-corrected chi connectivity index (χ0v) is 24.3. The smallest absolute Gasteiger partial charge is 0.267 e. The Hall–Kier alpha value is -4.81. The Morgan fingerprint density at radius 2 is 1.60 bits per heavy atom. The molecule has 0 radical (unpaired) electrons. The summed E-state index contributed by atoms with van der Waals surface area (Å²) in [7, 11) is 1.63. The number of fused-ring (bicyclic) bond motifs is 1. The SMILES string of the molecule is COc1cc(/C=C2/SC(=Nc3ccc(C)cc3)N(Cc3ccccc3)C2=O)ccc1OCc1cccc2ccccc12. The van der Waals surface area contributed by atoms with Crippen molar-refractivity contribution in [1.29, 1.82) is 0 Å². The number of rotatable bonds is 8. The van der Waals surface area contributed by atoms with Gasteiger partial charge < -0.3 is 9.47 Å². The fourth-order valence-electron chi connectivity index (χ4n) is 4.84. The van der Waals surface area contributed by atoms with Crippen molar-refractivity contribution in [1.82, 2.24) is 4.90 Å². The first-order valence-electron chi connectivity index (χ1n) is 13.8. The first kappa shape index (κ1) is 27.4. The molecule has 0 aromatic heterocycles. The van der Waals surface area contributed by atoms with E-state index in [0.29, 0.717) is 34.7 Å². The molecular formula is C36H30N2O3S. The van der Waals surface area contributed by atoms with Crippen LogP contribution >= 0.6 is 11.8 Å². The lowest BCUT2D eigenvalue weighted by Gasteiger charge is -2.15. The third-order valence-electron chi connectivity index (χ3n) is 7.08. The summed E-state index contributed by atoms with van der Waals surface area (Å²) in [5.74, 6) is 1.17. The van der Waals surface area contributed by atoms with E-state index >= 15 is 0 Å². The van der Waals surface area contributed by atoms with Crippen molar-refractivity contribution in [3.05, 3.63) is 142 Å². The van der Waals surface area contributed by atoms with E-state index in [4.69, 9.17) is 14.5 Å². The average Bonchev–Trinajstić information content (AvgIpc) is 3.30. The number of methoxy groups -OCH3 is 1. The number of carbonyl (C=O) groups is 1. The molecule has 0 spiro atoms. The zero-order valence-electron chi connectivity index (χ0n) is 23.5. The number of amides is 1. The maximum Gasteiger partial charge on any atom is 0.267 e. The molecule has 0 bridgehead atoms. The van der Waals surface area contributed by atoms with Gasteiger partial charge in [0.2, 0.25) is 0 Å². The number of aliphatic imine (C=N–C) groups is 1. The molecule has 1 heterocycles. The number of benzene rings is 5. The van der Waals surface area contributed by atoms with Gasteiger partial charge in [-0.25, -0.2) is 4.99 Å². The monoisotopic (exact) mass is 570 g/mol. The predicted molar refractivity (Wildman–Crippen MR) is 172 cm³/mol. The normalized spacial score (nSPS) is 15.1. The van der Waals surface area contributed by atoms with Crippen molar-refractivity contribution >= 4 is 45.4 Å². The second-order valence-electron chi connectivity index (χ2n) is 10.1. The molecule has 5 nitrogen and oxygen atoms in total. The van der Waals surface area contributed by atoms with Gasteiger partial charge in [0.05, 0.1) is 24.2 Å². The molecule has 42 heavy (non-hydrogen) atoms. The van der Waals surface area contributed by atoms with Gasteiger partial charge in [-0.2, -0.15) is 0 Å². The largest absolute Gasteiger partial charge is 0.493 e. The van der Waals surface area contributed by atoms with Gasteiger partial charge in [-0.1, -0.05) is 96.6 Å². The van der Waals surface area contributed by atoms with Crippen LogP contribution in [0.15, 0.2) is 125 Å². The van der Waals surface area contributed by atoms with Crippen LogP contribution < -0.4 is 9.47 Å². The van der Waals surface area contributed by atoms with Crippen molar-refractivity contribution < 1.29 is 14.3 Å². The summed E-state index contributed by atoms with van der Waals surface area (Å²) >= 11 is 1.38. The molecule has 0 atom stereocenters. The van der Waals surface area contributed by atoms with E-state index in [2.05, 4.69) is 24.3 Å². The van der Waals surface area contributed by atoms with E-state index in [9.17, 15) is 4.79 Å². The molecule has 208 valence electrons. The lowest BCUT2D eigenvalue weighted by molar-refractivity contribution is -0.122. The van der Waals surface area contributed by atoms with Crippen molar-refractivity contribution in [2.24, 2.45) is 4.99 Å². The summed E-state index contributed by atoms with van der Waals surface area (Å²) in [6.07, 6.45) is 1.89. The topological polar surface area (TPSA) is 51.1 Å². The van der Waals surface area contributed by atoms with Crippen molar-refractivity contribution in [3.8, 4) is 11.5 Å². The van der Waals surface area contributed by atoms with Gasteiger partial charge in [-0.15, -0.1) is 0 Å². The Bertz CT molecular complexity index is 1790. The minimum atomic E-state index is -0.0787. The Balaban J connectivity index is 1.26. The summed E-state index contributed by atoms with van der Waals surface area (Å²) in [6, 6.07) is 38.2. The van der Waals surface area contributed by atoms with E-state index in [0.717, 1.165) is 27.9 Å². The number of ether oxygens (including phenoxy) is 2. The zero-order chi connectivity index (χ0) is 28.9. The van der Waals surface area contributed by atoms with Crippen LogP contribution in [0.25, 0.3) is 16.8 Å². The van der Waals surface area contributed by atoms with E-state index in [1.807, 2.05) is 104 Å². The Morgan fingerprint density at radius 1 is 0.833 bits per heavy atom. The van der Waals surface area contributed by atoms with Crippen LogP contribution in [-0.2, 0) is 17.9 Å². The Kier molecular flexibility index (Phi) is 8.06. The highest BCUT2D eigenvalue weighted by molar-refractivity contribution is 8.18. The van der Waals surface area contributed by atoms with Crippen LogP contribution in [0.2, 0.25) is 0 Å². The summed E-state index contributed by atoms with van der Waals surface area (Å²) in [5, 5.41) is 3.00. The summed E-state index contributed by atoms with van der Waals surface area (Å²) < 4.78 is 11.9. The first-order valence-corrected chi connectivity index (χ1v) is 14.6. The quantitative estimate of drug-likeness (QED) is 0.175. The summed E-state index contributed by atoms with van der Waals surface area (Å²) in [5.41, 5.74) is 4.96. The predicted octanol–water partition coefficient (Wildman–Crippen LogP) is 8.54. The fraction of sp³-hybridized carbons (Fsp3) is 0.111. The van der Waals surface area contributed by atoms with Gasteiger partial charge in [0.25, 0.3) is 5.91 Å². The molecule has 6 rings (SSSR count). The average molecular weight is 571 g/mol. The van der Waals surface area contributed by atoms with Crippen LogP contribution in [0.1, 0.15) is 22.3 Å². The van der Waals surface area contributed by atoms with Crippen LogP contribution in [0.4, 0.5) is 5.69 Å². The first-order chi connectivity index (χ1) is 20.6. The van der Waals surface area contributed by atoms with Gasteiger partial charge in [-0.05, 0) is 76.5 Å². The molecule has 1 amide bonds. The van der Waals surface area contributed by atoms with E-state index in [-0.39, 0.29) is 5.91 Å². The minimum Gasteiger partial charge on any atom is -0.493 e. The van der Waals surface area contributed by atoms with E-state index < -0.39 is 0 Å². The fourth-order valence-corrected chi connectivity index (χ4v) is 5.84. The third-order valence-corrected chi connectivity index (χ3v) is 8.09. The highest BCUT2D eigenvalue weighted by Crippen LogP contribution is 2.37. The van der Waals surface area contributed by atoms with Crippen molar-refractivity contribution in [2.45, 2.75) is 20.1 Å². The molecule has 0 aliphatic carbocycles. The van der Waals surface area contributed by atoms with Gasteiger partial charge in [0.1, 0.15) is 6.61 Å². The molecule has 1 saturated heterocycles. The standard InChI is InChI=1S/C36H30N2O3S/c1-25-15-18-30(19-16-25)37-36-38(23-26-9-4-3-5-10-26)35(39)34(42-36)22-27-17-20-32(33(21-27)40-2)41-24-29-13-8-12-28-11-6-7-14-31(28)29/h3-22H,23-24H2,1-2H3/b34-22+,37-36?. The molecule has 0 unspecified atom stereocenters. The molecule has 6 heteroatoms. The van der Waals surface area contributed by atoms with E-state index in [1.54, 1.807) is 12.0 Å². The lowest BCUT2D eigenvalue weighted by Crippen LogP contribution is -2.28. The number of carbonyl (C=O) groups excluding carboxylic acids is 1. The maximum atomic E-state index is 13.7. The number of amidine groups is 1. The molecule has 1 aliphatic rings.